The number of hydrogen-bond acceptors (Lipinski definition) is 2. The quantitative estimate of drug-likeness (QED) is 0.159. The van der Waals surface area contributed by atoms with Crippen molar-refractivity contribution >= 4 is 110 Å². The summed E-state index contributed by atoms with van der Waals surface area (Å²) in [5.74, 6) is 0. The highest BCUT2D eigenvalue weighted by atomic mass is 15.1. The molecule has 0 atom stereocenters. The Morgan fingerprint density at radius 1 is 0.215 bits per heavy atom. The van der Waals surface area contributed by atoms with Gasteiger partial charge < -0.3 is 14.4 Å². The minimum absolute atomic E-state index is 1.09. The molecule has 0 aliphatic heterocycles. The Kier molecular flexibility index (Phi) is 8.53. The molecule has 0 amide bonds. The van der Waals surface area contributed by atoms with Crippen molar-refractivity contribution in [3.05, 3.63) is 249 Å². The van der Waals surface area contributed by atoms with Gasteiger partial charge in [0.1, 0.15) is 0 Å². The third kappa shape index (κ3) is 6.36. The molecule has 0 aliphatic rings. The van der Waals surface area contributed by atoms with E-state index in [4.69, 9.17) is 0 Å². The summed E-state index contributed by atoms with van der Waals surface area (Å²) in [5.41, 5.74) is 10.1. The number of rotatable bonds is 7. The van der Waals surface area contributed by atoms with Gasteiger partial charge in [-0.1, -0.05) is 152 Å². The van der Waals surface area contributed by atoms with Crippen LogP contribution in [0.3, 0.4) is 0 Å². The normalized spacial score (nSPS) is 11.7. The minimum Gasteiger partial charge on any atom is -0.310 e. The highest BCUT2D eigenvalue weighted by Crippen LogP contribution is 2.44. The average molecular weight is 828 g/mol. The van der Waals surface area contributed by atoms with Crippen LogP contribution in [0.5, 0.6) is 0 Å². The van der Waals surface area contributed by atoms with Crippen molar-refractivity contribution in [2.75, 3.05) is 9.80 Å². The van der Waals surface area contributed by atoms with Crippen LogP contribution < -0.4 is 9.80 Å². The number of benzene rings is 12. The summed E-state index contributed by atoms with van der Waals surface area (Å²) in [6, 6.07) is 91.1. The van der Waals surface area contributed by atoms with Crippen LogP contribution in [0.15, 0.2) is 249 Å². The van der Waals surface area contributed by atoms with Crippen LogP contribution in [-0.2, 0) is 0 Å². The van der Waals surface area contributed by atoms with Crippen LogP contribution in [-0.4, -0.2) is 4.57 Å². The molecule has 0 spiro atoms. The molecule has 3 heteroatoms. The number of anilines is 6. The van der Waals surface area contributed by atoms with Crippen molar-refractivity contribution in [2.45, 2.75) is 0 Å². The smallest absolute Gasteiger partial charge is 0.0561 e. The topological polar surface area (TPSA) is 11.4 Å². The van der Waals surface area contributed by atoms with Crippen molar-refractivity contribution in [1.29, 1.82) is 0 Å². The molecule has 0 aliphatic carbocycles. The maximum atomic E-state index is 2.45. The van der Waals surface area contributed by atoms with Gasteiger partial charge in [0.2, 0.25) is 0 Å². The van der Waals surface area contributed by atoms with Crippen LogP contribution in [0.4, 0.5) is 34.1 Å². The van der Waals surface area contributed by atoms with E-state index in [2.05, 4.69) is 263 Å². The molecular formula is C62H41N3. The van der Waals surface area contributed by atoms with E-state index in [-0.39, 0.29) is 0 Å². The van der Waals surface area contributed by atoms with Gasteiger partial charge in [0.15, 0.2) is 0 Å². The molecule has 0 N–H and O–H groups in total. The SMILES string of the molecule is c1ccc(-n2c3cc(N(c4ccc5ccccc5c4)c4ccc5ccccc5c4)ccc3c3cc4ccc(N(c5ccc6ccccc6c5)c5ccc6ccccc6c5)cc4cc32)cc1. The molecular weight excluding hydrogens is 787 g/mol. The molecule has 13 aromatic rings. The second-order valence-electron chi connectivity index (χ2n) is 17.1. The lowest BCUT2D eigenvalue weighted by molar-refractivity contribution is 1.18. The summed E-state index contributed by atoms with van der Waals surface area (Å²) < 4.78 is 2.45. The Balaban J connectivity index is 1.02. The molecule has 0 bridgehead atoms. The van der Waals surface area contributed by atoms with E-state index in [1.807, 2.05) is 0 Å². The van der Waals surface area contributed by atoms with Crippen molar-refractivity contribution in [3.63, 3.8) is 0 Å². The predicted molar refractivity (Wildman–Crippen MR) is 278 cm³/mol. The Morgan fingerprint density at radius 2 is 0.538 bits per heavy atom. The lowest BCUT2D eigenvalue weighted by Gasteiger charge is -2.26. The molecule has 3 nitrogen and oxygen atoms in total. The number of para-hydroxylation sites is 1. The van der Waals surface area contributed by atoms with Gasteiger partial charge in [-0.3, -0.25) is 0 Å². The third-order valence-corrected chi connectivity index (χ3v) is 13.2. The fourth-order valence-corrected chi connectivity index (χ4v) is 10.0. The standard InChI is InChI=1S/C62H41N3/c1-2-20-52(21-3-1)65-61-40-51-38-57(63(53-27-22-42-12-4-8-16-46(42)34-53)54-28-23-43-13-5-9-17-47(43)35-54)31-26-50(51)39-60(61)59-33-32-58(41-62(59)65)64(55-29-24-44-14-6-10-18-48(44)36-55)56-30-25-45-15-7-11-19-49(45)37-56/h1-41H. The van der Waals surface area contributed by atoms with E-state index in [9.17, 15) is 0 Å². The molecule has 0 saturated carbocycles. The van der Waals surface area contributed by atoms with E-state index < -0.39 is 0 Å². The van der Waals surface area contributed by atoms with Gasteiger partial charge in [-0.2, -0.15) is 0 Å². The molecule has 1 heterocycles. The van der Waals surface area contributed by atoms with Crippen molar-refractivity contribution in [2.24, 2.45) is 0 Å². The number of hydrogen-bond donors (Lipinski definition) is 0. The highest BCUT2D eigenvalue weighted by molar-refractivity contribution is 6.15. The van der Waals surface area contributed by atoms with Gasteiger partial charge in [-0.25, -0.2) is 0 Å². The molecule has 0 fully saturated rings. The van der Waals surface area contributed by atoms with Gasteiger partial charge >= 0.3 is 0 Å². The number of nitrogens with zero attached hydrogens (tertiary/aromatic N) is 3. The van der Waals surface area contributed by atoms with Gasteiger partial charge in [-0.05, 0) is 151 Å². The first kappa shape index (κ1) is 36.9. The zero-order chi connectivity index (χ0) is 42.8. The lowest BCUT2D eigenvalue weighted by atomic mass is 10.0. The van der Waals surface area contributed by atoms with Gasteiger partial charge in [0, 0.05) is 50.6 Å². The summed E-state index contributed by atoms with van der Waals surface area (Å²) >= 11 is 0. The molecule has 65 heavy (non-hydrogen) atoms. The molecule has 0 radical (unpaired) electrons. The van der Waals surface area contributed by atoms with Crippen molar-refractivity contribution in [3.8, 4) is 5.69 Å². The number of fused-ring (bicyclic) bond motifs is 8. The first-order chi connectivity index (χ1) is 32.2. The second-order valence-corrected chi connectivity index (χ2v) is 17.1. The van der Waals surface area contributed by atoms with E-state index in [1.165, 1.54) is 70.2 Å². The lowest BCUT2D eigenvalue weighted by Crippen LogP contribution is -2.10. The second kappa shape index (κ2) is 15.0. The number of aromatic nitrogens is 1. The van der Waals surface area contributed by atoms with Crippen LogP contribution in [0.25, 0.3) is 81.4 Å². The monoisotopic (exact) mass is 827 g/mol. The zero-order valence-electron chi connectivity index (χ0n) is 35.5. The summed E-state index contributed by atoms with van der Waals surface area (Å²) in [6.07, 6.45) is 0. The fourth-order valence-electron chi connectivity index (χ4n) is 10.0. The Hall–Kier alpha value is -8.66. The zero-order valence-corrected chi connectivity index (χ0v) is 35.5. The van der Waals surface area contributed by atoms with Crippen LogP contribution >= 0.6 is 0 Å². The maximum absolute atomic E-state index is 2.45. The maximum Gasteiger partial charge on any atom is 0.0561 e. The molecule has 0 unspecified atom stereocenters. The van der Waals surface area contributed by atoms with Crippen LogP contribution in [0.2, 0.25) is 0 Å². The molecule has 304 valence electrons. The summed E-state index contributed by atoms with van der Waals surface area (Å²) in [6.45, 7) is 0. The van der Waals surface area contributed by atoms with E-state index >= 15 is 0 Å². The Labute approximate surface area is 376 Å². The highest BCUT2D eigenvalue weighted by Gasteiger charge is 2.20. The molecule has 13 rings (SSSR count). The third-order valence-electron chi connectivity index (χ3n) is 13.2. The van der Waals surface area contributed by atoms with Crippen molar-refractivity contribution in [1.82, 2.24) is 4.57 Å². The summed E-state index contributed by atoms with van der Waals surface area (Å²) in [4.78, 5) is 4.80. The van der Waals surface area contributed by atoms with E-state index in [0.717, 1.165) is 45.3 Å². The van der Waals surface area contributed by atoms with Crippen LogP contribution in [0.1, 0.15) is 0 Å². The van der Waals surface area contributed by atoms with E-state index in [1.54, 1.807) is 0 Å². The average Bonchev–Trinajstić information content (AvgIpc) is 3.68. The van der Waals surface area contributed by atoms with Gasteiger partial charge in [-0.15, -0.1) is 0 Å². The van der Waals surface area contributed by atoms with E-state index in [0.29, 0.717) is 0 Å². The van der Waals surface area contributed by atoms with Gasteiger partial charge in [0.05, 0.1) is 11.0 Å². The predicted octanol–water partition coefficient (Wildman–Crippen LogP) is 17.5. The minimum atomic E-state index is 1.09. The Morgan fingerprint density at radius 3 is 0.985 bits per heavy atom. The summed E-state index contributed by atoms with van der Waals surface area (Å²) in [7, 11) is 0. The van der Waals surface area contributed by atoms with Crippen LogP contribution in [0, 0.1) is 0 Å². The largest absolute Gasteiger partial charge is 0.310 e. The fraction of sp³-hybridized carbons (Fsp3) is 0. The first-order valence-corrected chi connectivity index (χ1v) is 22.3. The molecule has 0 saturated heterocycles. The molecule has 12 aromatic carbocycles. The Bertz CT molecular complexity index is 3820. The summed E-state index contributed by atoms with van der Waals surface area (Å²) in [5, 5.41) is 14.6. The van der Waals surface area contributed by atoms with Gasteiger partial charge in [0.25, 0.3) is 0 Å². The molecule has 1 aromatic heterocycles. The van der Waals surface area contributed by atoms with Crippen molar-refractivity contribution < 1.29 is 0 Å². The first-order valence-electron chi connectivity index (χ1n) is 22.3.